The minimum absolute atomic E-state index is 0.0642. The smallest absolute Gasteiger partial charge is 0.340 e. The van der Waals surface area contributed by atoms with Gasteiger partial charge in [0, 0.05) is 12.2 Å². The second-order valence-electron chi connectivity index (χ2n) is 4.39. The van der Waals surface area contributed by atoms with Crippen molar-refractivity contribution in [1.82, 2.24) is 0 Å². The molecule has 2 rings (SSSR count). The Kier molecular flexibility index (Phi) is 4.77. The van der Waals surface area contributed by atoms with E-state index in [0.717, 1.165) is 17.0 Å². The molecule has 0 bridgehead atoms. The molecule has 4 nitrogen and oxygen atoms in total. The van der Waals surface area contributed by atoms with Gasteiger partial charge in [0.2, 0.25) is 0 Å². The minimum Gasteiger partial charge on any atom is -0.497 e. The van der Waals surface area contributed by atoms with Crippen LogP contribution in [0.2, 0.25) is 0 Å². The molecule has 0 saturated heterocycles. The first-order valence-corrected chi connectivity index (χ1v) is 6.38. The molecule has 110 valence electrons. The molecule has 0 aliphatic carbocycles. The van der Waals surface area contributed by atoms with Crippen LogP contribution in [-0.2, 0) is 11.3 Å². The fourth-order valence-electron chi connectivity index (χ4n) is 1.86. The van der Waals surface area contributed by atoms with Crippen molar-refractivity contribution in [1.29, 1.82) is 0 Å². The number of ether oxygens (including phenoxy) is 2. The molecule has 5 heteroatoms. The largest absolute Gasteiger partial charge is 0.497 e. The maximum absolute atomic E-state index is 13.8. The number of hydrogen-bond donors (Lipinski definition) is 1. The van der Waals surface area contributed by atoms with Crippen molar-refractivity contribution < 1.29 is 18.7 Å². The van der Waals surface area contributed by atoms with Crippen molar-refractivity contribution in [3.8, 4) is 5.75 Å². The Morgan fingerprint density at radius 3 is 2.43 bits per heavy atom. The standard InChI is InChI=1S/C16H16FNO3/c1-20-13-6-4-12(5-7-13)18-10-11-3-8-14(15(17)9-11)16(19)21-2/h3-9,18H,10H2,1-2H3. The molecule has 2 aromatic rings. The number of anilines is 1. The lowest BCUT2D eigenvalue weighted by molar-refractivity contribution is 0.0595. The normalized spacial score (nSPS) is 10.0. The molecule has 0 spiro atoms. The quantitative estimate of drug-likeness (QED) is 0.858. The van der Waals surface area contributed by atoms with Crippen LogP contribution < -0.4 is 10.1 Å². The maximum atomic E-state index is 13.8. The van der Waals surface area contributed by atoms with Crippen LogP contribution in [0.1, 0.15) is 15.9 Å². The van der Waals surface area contributed by atoms with E-state index in [1.54, 1.807) is 13.2 Å². The summed E-state index contributed by atoms with van der Waals surface area (Å²) in [5.41, 5.74) is 1.56. The highest BCUT2D eigenvalue weighted by Gasteiger charge is 2.12. The van der Waals surface area contributed by atoms with Crippen LogP contribution in [0.5, 0.6) is 5.75 Å². The Bertz CT molecular complexity index is 626. The third-order valence-corrected chi connectivity index (χ3v) is 3.03. The number of rotatable bonds is 5. The lowest BCUT2D eigenvalue weighted by Crippen LogP contribution is -2.06. The van der Waals surface area contributed by atoms with Gasteiger partial charge in [-0.3, -0.25) is 0 Å². The Labute approximate surface area is 122 Å². The predicted octanol–water partition coefficient (Wildman–Crippen LogP) is 3.23. The van der Waals surface area contributed by atoms with Crippen LogP contribution in [0.25, 0.3) is 0 Å². The number of carbonyl (C=O) groups is 1. The maximum Gasteiger partial charge on any atom is 0.340 e. The molecule has 21 heavy (non-hydrogen) atoms. The summed E-state index contributed by atoms with van der Waals surface area (Å²) in [6, 6.07) is 11.9. The van der Waals surface area contributed by atoms with Gasteiger partial charge in [-0.1, -0.05) is 6.07 Å². The zero-order valence-electron chi connectivity index (χ0n) is 11.9. The Balaban J connectivity index is 2.03. The topological polar surface area (TPSA) is 47.6 Å². The molecule has 0 fully saturated rings. The third-order valence-electron chi connectivity index (χ3n) is 3.03. The molecule has 0 aliphatic heterocycles. The van der Waals surface area contributed by atoms with Crippen molar-refractivity contribution in [2.45, 2.75) is 6.54 Å². The zero-order valence-corrected chi connectivity index (χ0v) is 11.9. The van der Waals surface area contributed by atoms with Crippen molar-refractivity contribution in [2.24, 2.45) is 0 Å². The van der Waals surface area contributed by atoms with Crippen LogP contribution >= 0.6 is 0 Å². The van der Waals surface area contributed by atoms with E-state index in [0.29, 0.717) is 6.54 Å². The average molecular weight is 289 g/mol. The summed E-state index contributed by atoms with van der Waals surface area (Å²) >= 11 is 0. The second-order valence-corrected chi connectivity index (χ2v) is 4.39. The van der Waals surface area contributed by atoms with Gasteiger partial charge < -0.3 is 14.8 Å². The summed E-state index contributed by atoms with van der Waals surface area (Å²) in [7, 11) is 2.83. The van der Waals surface area contributed by atoms with E-state index < -0.39 is 11.8 Å². The highest BCUT2D eigenvalue weighted by atomic mass is 19.1. The van der Waals surface area contributed by atoms with Gasteiger partial charge in [0.25, 0.3) is 0 Å². The van der Waals surface area contributed by atoms with Gasteiger partial charge in [-0.05, 0) is 42.0 Å². The number of halogens is 1. The number of nitrogens with one attached hydrogen (secondary N) is 1. The first-order chi connectivity index (χ1) is 10.1. The Morgan fingerprint density at radius 1 is 1.14 bits per heavy atom. The summed E-state index contributed by atoms with van der Waals surface area (Å²) in [5, 5.41) is 3.16. The molecule has 0 heterocycles. The molecule has 0 radical (unpaired) electrons. The number of carbonyl (C=O) groups excluding carboxylic acids is 1. The SMILES string of the molecule is COC(=O)c1ccc(CNc2ccc(OC)cc2)cc1F. The van der Waals surface area contributed by atoms with Crippen LogP contribution in [0.15, 0.2) is 42.5 Å². The number of benzene rings is 2. The fourth-order valence-corrected chi connectivity index (χ4v) is 1.86. The zero-order chi connectivity index (χ0) is 15.2. The highest BCUT2D eigenvalue weighted by Crippen LogP contribution is 2.17. The van der Waals surface area contributed by atoms with Crippen LogP contribution in [0.4, 0.5) is 10.1 Å². The fraction of sp³-hybridized carbons (Fsp3) is 0.188. The molecule has 0 unspecified atom stereocenters. The van der Waals surface area contributed by atoms with Crippen molar-refractivity contribution in [3.05, 3.63) is 59.4 Å². The molecular formula is C16H16FNO3. The van der Waals surface area contributed by atoms with Crippen LogP contribution in [0, 0.1) is 5.82 Å². The Hall–Kier alpha value is -2.56. The molecule has 0 amide bonds. The van der Waals surface area contributed by atoms with E-state index in [1.165, 1.54) is 19.2 Å². The number of methoxy groups -OCH3 is 2. The first-order valence-electron chi connectivity index (χ1n) is 6.38. The van der Waals surface area contributed by atoms with Gasteiger partial charge >= 0.3 is 5.97 Å². The molecule has 0 atom stereocenters. The van der Waals surface area contributed by atoms with Gasteiger partial charge in [-0.2, -0.15) is 0 Å². The lowest BCUT2D eigenvalue weighted by atomic mass is 10.1. The molecule has 1 N–H and O–H groups in total. The van der Waals surface area contributed by atoms with E-state index >= 15 is 0 Å². The van der Waals surface area contributed by atoms with E-state index in [-0.39, 0.29) is 5.56 Å². The van der Waals surface area contributed by atoms with Gasteiger partial charge in [-0.15, -0.1) is 0 Å². The third kappa shape index (κ3) is 3.72. The van der Waals surface area contributed by atoms with Gasteiger partial charge in [-0.25, -0.2) is 9.18 Å². The summed E-state index contributed by atoms with van der Waals surface area (Å²) in [4.78, 5) is 11.3. The summed E-state index contributed by atoms with van der Waals surface area (Å²) in [5.74, 6) is -0.493. The van der Waals surface area contributed by atoms with Gasteiger partial charge in [0.15, 0.2) is 0 Å². The van der Waals surface area contributed by atoms with E-state index in [9.17, 15) is 9.18 Å². The van der Waals surface area contributed by atoms with E-state index in [4.69, 9.17) is 4.74 Å². The van der Waals surface area contributed by atoms with E-state index in [2.05, 4.69) is 10.1 Å². The minimum atomic E-state index is -0.679. The van der Waals surface area contributed by atoms with Crippen molar-refractivity contribution >= 4 is 11.7 Å². The number of hydrogen-bond acceptors (Lipinski definition) is 4. The van der Waals surface area contributed by atoms with E-state index in [1.807, 2.05) is 24.3 Å². The van der Waals surface area contributed by atoms with Gasteiger partial charge in [0.05, 0.1) is 19.8 Å². The molecular weight excluding hydrogens is 273 g/mol. The molecule has 0 saturated carbocycles. The van der Waals surface area contributed by atoms with Crippen molar-refractivity contribution in [2.75, 3.05) is 19.5 Å². The molecule has 0 aromatic heterocycles. The summed E-state index contributed by atoms with van der Waals surface area (Å²) in [6.45, 7) is 0.449. The Morgan fingerprint density at radius 2 is 1.86 bits per heavy atom. The van der Waals surface area contributed by atoms with Crippen LogP contribution in [0.3, 0.4) is 0 Å². The monoisotopic (exact) mass is 289 g/mol. The average Bonchev–Trinajstić information content (AvgIpc) is 2.52. The predicted molar refractivity (Wildman–Crippen MR) is 78.1 cm³/mol. The van der Waals surface area contributed by atoms with Crippen LogP contribution in [-0.4, -0.2) is 20.2 Å². The highest BCUT2D eigenvalue weighted by molar-refractivity contribution is 5.89. The molecule has 2 aromatic carbocycles. The lowest BCUT2D eigenvalue weighted by Gasteiger charge is -2.08. The summed E-state index contributed by atoms with van der Waals surface area (Å²) in [6.07, 6.45) is 0. The first kappa shape index (κ1) is 14.8. The van der Waals surface area contributed by atoms with Gasteiger partial charge in [0.1, 0.15) is 11.6 Å². The summed E-state index contributed by atoms with van der Waals surface area (Å²) < 4.78 is 23.3. The molecule has 0 aliphatic rings. The van der Waals surface area contributed by atoms with Crippen molar-refractivity contribution in [3.63, 3.8) is 0 Å². The number of esters is 1. The second kappa shape index (κ2) is 6.74.